The van der Waals surface area contributed by atoms with Gasteiger partial charge in [0.2, 0.25) is 0 Å². The molecule has 0 heterocycles. The summed E-state index contributed by atoms with van der Waals surface area (Å²) >= 11 is 0. The van der Waals surface area contributed by atoms with Gasteiger partial charge in [0.1, 0.15) is 0 Å². The van der Waals surface area contributed by atoms with Crippen LogP contribution < -0.4 is 0 Å². The first-order valence-electron chi connectivity index (χ1n) is 12.1. The maximum absolute atomic E-state index is 2.50. The summed E-state index contributed by atoms with van der Waals surface area (Å²) in [6.45, 7) is 0. The predicted octanol–water partition coefficient (Wildman–Crippen LogP) is 8.68. The van der Waals surface area contributed by atoms with Gasteiger partial charge in [0.05, 0.1) is 5.41 Å². The van der Waals surface area contributed by atoms with Crippen molar-refractivity contribution in [3.05, 3.63) is 186 Å². The second-order valence-electron chi connectivity index (χ2n) is 8.95. The van der Waals surface area contributed by atoms with Crippen molar-refractivity contribution in [2.45, 2.75) is 5.41 Å². The van der Waals surface area contributed by atoms with Crippen LogP contribution in [0.4, 0.5) is 0 Å². The van der Waals surface area contributed by atoms with Crippen molar-refractivity contribution in [2.24, 2.45) is 0 Å². The van der Waals surface area contributed by atoms with E-state index in [1.807, 2.05) is 0 Å². The molecule has 6 rings (SSSR count). The monoisotopic (exact) mass is 446 g/mol. The Morgan fingerprint density at radius 1 is 0.343 bits per heavy atom. The van der Waals surface area contributed by atoms with Crippen LogP contribution in [0.5, 0.6) is 0 Å². The average molecular weight is 447 g/mol. The van der Waals surface area contributed by atoms with E-state index in [2.05, 4.69) is 158 Å². The van der Waals surface area contributed by atoms with Crippen LogP contribution >= 0.6 is 0 Å². The van der Waals surface area contributed by atoms with Crippen LogP contribution in [0.1, 0.15) is 27.8 Å². The van der Waals surface area contributed by atoms with Crippen LogP contribution in [0, 0.1) is 0 Å². The summed E-state index contributed by atoms with van der Waals surface area (Å²) in [5.74, 6) is 0. The summed E-state index contributed by atoms with van der Waals surface area (Å²) in [4.78, 5) is 0. The van der Waals surface area contributed by atoms with E-state index in [0.717, 1.165) is 0 Å². The van der Waals surface area contributed by atoms with Gasteiger partial charge in [-0.05, 0) is 44.5 Å². The van der Waals surface area contributed by atoms with Gasteiger partial charge in [0, 0.05) is 0 Å². The van der Waals surface area contributed by atoms with Crippen molar-refractivity contribution < 1.29 is 0 Å². The standard InChI is InChI=1S/C35H26/c1-6-16-27(17-7-1)32-26-35(30-22-12-4-13-23-30,31-24-14-5-15-25-31)34(29-20-10-3-11-21-29)33(32)28-18-8-2-9-19-28/h1-26H. The molecule has 35 heavy (non-hydrogen) atoms. The molecule has 0 unspecified atom stereocenters. The number of hydrogen-bond acceptors (Lipinski definition) is 0. The first kappa shape index (κ1) is 21.1. The SMILES string of the molecule is C1=C(c2ccccc2)C(c2ccccc2)=C(c2ccccc2)C1(c1ccccc1)c1ccccc1. The highest BCUT2D eigenvalue weighted by atomic mass is 14.5. The molecule has 166 valence electrons. The van der Waals surface area contributed by atoms with E-state index in [4.69, 9.17) is 0 Å². The topological polar surface area (TPSA) is 0 Å². The quantitative estimate of drug-likeness (QED) is 0.253. The zero-order chi connectivity index (χ0) is 23.5. The molecule has 0 N–H and O–H groups in total. The first-order valence-corrected chi connectivity index (χ1v) is 12.1. The second kappa shape index (κ2) is 9.08. The van der Waals surface area contributed by atoms with Crippen LogP contribution in [-0.2, 0) is 5.41 Å². The van der Waals surface area contributed by atoms with Crippen LogP contribution in [0.15, 0.2) is 158 Å². The highest BCUT2D eigenvalue weighted by Gasteiger charge is 2.44. The summed E-state index contributed by atoms with van der Waals surface area (Å²) < 4.78 is 0. The average Bonchev–Trinajstić information content (AvgIpc) is 3.33. The lowest BCUT2D eigenvalue weighted by molar-refractivity contribution is 0.851. The molecule has 0 fully saturated rings. The Balaban J connectivity index is 1.80. The minimum Gasteiger partial charge on any atom is -0.0622 e. The van der Waals surface area contributed by atoms with Crippen LogP contribution in [0.2, 0.25) is 0 Å². The zero-order valence-corrected chi connectivity index (χ0v) is 19.5. The summed E-state index contributed by atoms with van der Waals surface area (Å²) in [5, 5.41) is 0. The predicted molar refractivity (Wildman–Crippen MR) is 148 cm³/mol. The van der Waals surface area contributed by atoms with Crippen molar-refractivity contribution in [1.29, 1.82) is 0 Å². The van der Waals surface area contributed by atoms with Gasteiger partial charge in [0.15, 0.2) is 0 Å². The summed E-state index contributed by atoms with van der Waals surface area (Å²) in [6, 6.07) is 54.4. The number of benzene rings is 5. The van der Waals surface area contributed by atoms with Crippen molar-refractivity contribution in [3.63, 3.8) is 0 Å². The Hall–Kier alpha value is -4.42. The molecule has 0 radical (unpaired) electrons. The van der Waals surface area contributed by atoms with Gasteiger partial charge >= 0.3 is 0 Å². The van der Waals surface area contributed by atoms with Crippen LogP contribution in [-0.4, -0.2) is 0 Å². The van der Waals surface area contributed by atoms with Gasteiger partial charge in [-0.2, -0.15) is 0 Å². The molecular weight excluding hydrogens is 420 g/mol. The molecule has 1 aliphatic rings. The molecule has 0 amide bonds. The fourth-order valence-electron chi connectivity index (χ4n) is 5.44. The van der Waals surface area contributed by atoms with Gasteiger partial charge in [-0.15, -0.1) is 0 Å². The maximum atomic E-state index is 2.50. The zero-order valence-electron chi connectivity index (χ0n) is 19.5. The fraction of sp³-hybridized carbons (Fsp3) is 0.0286. The fourth-order valence-corrected chi connectivity index (χ4v) is 5.44. The normalized spacial score (nSPS) is 14.6. The summed E-state index contributed by atoms with van der Waals surface area (Å²) in [6.07, 6.45) is 2.50. The molecule has 0 nitrogen and oxygen atoms in total. The van der Waals surface area contributed by atoms with Gasteiger partial charge in [-0.25, -0.2) is 0 Å². The number of rotatable bonds is 5. The Kier molecular flexibility index (Phi) is 5.48. The molecule has 0 heteroatoms. The van der Waals surface area contributed by atoms with E-state index >= 15 is 0 Å². The highest BCUT2D eigenvalue weighted by Crippen LogP contribution is 2.57. The van der Waals surface area contributed by atoms with E-state index in [-0.39, 0.29) is 0 Å². The third-order valence-corrected chi connectivity index (χ3v) is 6.94. The third-order valence-electron chi connectivity index (χ3n) is 6.94. The molecule has 5 aromatic rings. The molecule has 0 atom stereocenters. The Bertz CT molecular complexity index is 1440. The molecule has 5 aromatic carbocycles. The van der Waals surface area contributed by atoms with E-state index in [1.54, 1.807) is 0 Å². The lowest BCUT2D eigenvalue weighted by Gasteiger charge is -2.33. The molecule has 0 aromatic heterocycles. The molecule has 0 spiro atoms. The van der Waals surface area contributed by atoms with Gasteiger partial charge in [0.25, 0.3) is 0 Å². The molecular formula is C35H26. The van der Waals surface area contributed by atoms with E-state index in [0.29, 0.717) is 0 Å². The van der Waals surface area contributed by atoms with E-state index in [9.17, 15) is 0 Å². The minimum absolute atomic E-state index is 0.430. The van der Waals surface area contributed by atoms with Crippen LogP contribution in [0.25, 0.3) is 16.7 Å². The Morgan fingerprint density at radius 3 is 1.17 bits per heavy atom. The number of hydrogen-bond donors (Lipinski definition) is 0. The smallest absolute Gasteiger partial charge is 0.0622 e. The number of allylic oxidation sites excluding steroid dienone is 4. The largest absolute Gasteiger partial charge is 0.0653 e. The minimum atomic E-state index is -0.430. The lowest BCUT2D eigenvalue weighted by atomic mass is 9.68. The molecule has 1 aliphatic carbocycles. The Labute approximate surface area is 207 Å². The van der Waals surface area contributed by atoms with Crippen molar-refractivity contribution in [1.82, 2.24) is 0 Å². The van der Waals surface area contributed by atoms with Crippen molar-refractivity contribution in [2.75, 3.05) is 0 Å². The van der Waals surface area contributed by atoms with Crippen molar-refractivity contribution in [3.8, 4) is 0 Å². The highest BCUT2D eigenvalue weighted by molar-refractivity contribution is 6.22. The molecule has 0 saturated heterocycles. The molecule has 0 saturated carbocycles. The second-order valence-corrected chi connectivity index (χ2v) is 8.95. The van der Waals surface area contributed by atoms with Gasteiger partial charge < -0.3 is 0 Å². The summed E-state index contributed by atoms with van der Waals surface area (Å²) in [5.41, 5.74) is 9.68. The maximum Gasteiger partial charge on any atom is 0.0653 e. The van der Waals surface area contributed by atoms with Crippen molar-refractivity contribution >= 4 is 16.7 Å². The van der Waals surface area contributed by atoms with E-state index in [1.165, 1.54) is 44.5 Å². The third kappa shape index (κ3) is 3.64. The van der Waals surface area contributed by atoms with Gasteiger partial charge in [-0.1, -0.05) is 158 Å². The lowest BCUT2D eigenvalue weighted by Crippen LogP contribution is -2.25. The van der Waals surface area contributed by atoms with Crippen LogP contribution in [0.3, 0.4) is 0 Å². The summed E-state index contributed by atoms with van der Waals surface area (Å²) in [7, 11) is 0. The molecule has 0 bridgehead atoms. The Morgan fingerprint density at radius 2 is 0.714 bits per heavy atom. The van der Waals surface area contributed by atoms with Gasteiger partial charge in [-0.3, -0.25) is 0 Å². The molecule has 0 aliphatic heterocycles. The van der Waals surface area contributed by atoms with E-state index < -0.39 is 5.41 Å². The first-order chi connectivity index (χ1) is 17.4.